The zero-order valence-corrected chi connectivity index (χ0v) is 20.8. The van der Waals surface area contributed by atoms with Crippen molar-refractivity contribution in [2.75, 3.05) is 18.4 Å². The molecular weight excluding hydrogens is 462 g/mol. The average molecular weight is 496 g/mol. The van der Waals surface area contributed by atoms with Gasteiger partial charge in [-0.3, -0.25) is 9.59 Å². The topological polar surface area (TPSA) is 86.8 Å². The van der Waals surface area contributed by atoms with Gasteiger partial charge in [0.2, 0.25) is 15.9 Å². The van der Waals surface area contributed by atoms with Crippen molar-refractivity contribution in [1.29, 1.82) is 0 Å². The van der Waals surface area contributed by atoms with E-state index in [0.717, 1.165) is 44.9 Å². The van der Waals surface area contributed by atoms with Crippen LogP contribution in [-0.2, 0) is 14.8 Å². The fourth-order valence-corrected chi connectivity index (χ4v) is 7.49. The molecule has 2 saturated heterocycles. The first-order chi connectivity index (χ1) is 16.9. The summed E-state index contributed by atoms with van der Waals surface area (Å²) < 4.78 is 27.7. The zero-order valence-electron chi connectivity index (χ0n) is 19.9. The van der Waals surface area contributed by atoms with Crippen molar-refractivity contribution in [2.24, 2.45) is 5.92 Å². The summed E-state index contributed by atoms with van der Waals surface area (Å²) in [4.78, 5) is 29.0. The Hall–Kier alpha value is -2.71. The van der Waals surface area contributed by atoms with Crippen LogP contribution in [0.4, 0.5) is 5.69 Å². The summed E-state index contributed by atoms with van der Waals surface area (Å²) in [5, 5.41) is 2.93. The Morgan fingerprint density at radius 3 is 2.37 bits per heavy atom. The molecule has 3 unspecified atom stereocenters. The third-order valence-electron chi connectivity index (χ3n) is 7.70. The number of amides is 2. The maximum atomic E-state index is 13.5. The number of sulfonamides is 1. The van der Waals surface area contributed by atoms with Gasteiger partial charge in [0.05, 0.1) is 4.90 Å². The fraction of sp³-hybridized carbons (Fsp3) is 0.481. The second kappa shape index (κ2) is 10.1. The van der Waals surface area contributed by atoms with Crippen LogP contribution in [0.3, 0.4) is 0 Å². The average Bonchev–Trinajstić information content (AvgIpc) is 3.29. The van der Waals surface area contributed by atoms with E-state index < -0.39 is 16.1 Å². The first kappa shape index (κ1) is 24.0. The normalized spacial score (nSPS) is 25.1. The number of nitrogens with zero attached hydrogens (tertiary/aromatic N) is 2. The van der Waals surface area contributed by atoms with E-state index in [4.69, 9.17) is 0 Å². The summed E-state index contributed by atoms with van der Waals surface area (Å²) in [5.41, 5.74) is 1.03. The lowest BCUT2D eigenvalue weighted by molar-refractivity contribution is -0.120. The summed E-state index contributed by atoms with van der Waals surface area (Å²) in [6, 6.07) is 15.1. The van der Waals surface area contributed by atoms with E-state index in [9.17, 15) is 18.0 Å². The largest absolute Gasteiger partial charge is 0.324 e. The predicted octanol–water partition coefficient (Wildman–Crippen LogP) is 4.27. The van der Waals surface area contributed by atoms with Gasteiger partial charge in [-0.15, -0.1) is 0 Å². The Kier molecular flexibility index (Phi) is 6.93. The Balaban J connectivity index is 1.37. The van der Waals surface area contributed by atoms with Crippen LogP contribution in [0.2, 0.25) is 0 Å². The summed E-state index contributed by atoms with van der Waals surface area (Å²) in [6.45, 7) is 1.06. The third kappa shape index (κ3) is 4.86. The SMILES string of the molecule is O=C(Nc1cccc(S(=O)(=O)N2CCCCC2)c1)C1CC2CCCCC2N1C(=O)c1ccccc1. The van der Waals surface area contributed by atoms with E-state index in [0.29, 0.717) is 36.7 Å². The molecule has 2 aliphatic heterocycles. The smallest absolute Gasteiger partial charge is 0.254 e. The van der Waals surface area contributed by atoms with Gasteiger partial charge in [-0.05, 0) is 68.4 Å². The lowest BCUT2D eigenvalue weighted by atomic mass is 9.84. The van der Waals surface area contributed by atoms with Crippen molar-refractivity contribution in [3.05, 3.63) is 60.2 Å². The number of nitrogens with one attached hydrogen (secondary N) is 1. The first-order valence-electron chi connectivity index (χ1n) is 12.7. The molecule has 0 spiro atoms. The van der Waals surface area contributed by atoms with Gasteiger partial charge < -0.3 is 10.2 Å². The number of piperidine rings is 1. The second-order valence-electron chi connectivity index (χ2n) is 9.92. The van der Waals surface area contributed by atoms with Crippen LogP contribution in [0.15, 0.2) is 59.5 Å². The van der Waals surface area contributed by atoms with Crippen molar-refractivity contribution >= 4 is 27.5 Å². The highest BCUT2D eigenvalue weighted by atomic mass is 32.2. The predicted molar refractivity (Wildman–Crippen MR) is 134 cm³/mol. The molecular formula is C27H33N3O4S. The highest BCUT2D eigenvalue weighted by Gasteiger charge is 2.47. The van der Waals surface area contributed by atoms with Gasteiger partial charge in [-0.25, -0.2) is 8.42 Å². The Morgan fingerprint density at radius 1 is 0.857 bits per heavy atom. The molecule has 3 fully saturated rings. The molecule has 35 heavy (non-hydrogen) atoms. The molecule has 7 nitrogen and oxygen atoms in total. The van der Waals surface area contributed by atoms with Crippen LogP contribution in [0, 0.1) is 5.92 Å². The molecule has 1 aliphatic carbocycles. The molecule has 2 aromatic carbocycles. The molecule has 3 atom stereocenters. The molecule has 1 saturated carbocycles. The Labute approximate surface area is 207 Å². The lowest BCUT2D eigenvalue weighted by Crippen LogP contribution is -2.47. The number of hydrogen-bond acceptors (Lipinski definition) is 4. The van der Waals surface area contributed by atoms with Crippen molar-refractivity contribution < 1.29 is 18.0 Å². The number of carbonyl (C=O) groups excluding carboxylic acids is 2. The molecule has 2 aromatic rings. The first-order valence-corrected chi connectivity index (χ1v) is 14.2. The van der Waals surface area contributed by atoms with E-state index in [1.807, 2.05) is 18.2 Å². The zero-order chi connectivity index (χ0) is 24.4. The van der Waals surface area contributed by atoms with Crippen LogP contribution in [0.1, 0.15) is 61.7 Å². The quantitative estimate of drug-likeness (QED) is 0.671. The van der Waals surface area contributed by atoms with Gasteiger partial charge in [0.1, 0.15) is 6.04 Å². The van der Waals surface area contributed by atoms with Crippen molar-refractivity contribution in [1.82, 2.24) is 9.21 Å². The van der Waals surface area contributed by atoms with Crippen LogP contribution in [0.25, 0.3) is 0 Å². The number of carbonyl (C=O) groups is 2. The van der Waals surface area contributed by atoms with Gasteiger partial charge in [0.15, 0.2) is 0 Å². The monoisotopic (exact) mass is 495 g/mol. The molecule has 186 valence electrons. The summed E-state index contributed by atoms with van der Waals surface area (Å²) in [5.74, 6) is -0.0456. The minimum absolute atomic E-state index is 0.0676. The molecule has 0 radical (unpaired) electrons. The number of benzene rings is 2. The minimum Gasteiger partial charge on any atom is -0.324 e. The van der Waals surface area contributed by atoms with E-state index in [-0.39, 0.29) is 22.8 Å². The van der Waals surface area contributed by atoms with Crippen molar-refractivity contribution in [3.8, 4) is 0 Å². The summed E-state index contributed by atoms with van der Waals surface area (Å²) >= 11 is 0. The number of fused-ring (bicyclic) bond motifs is 1. The van der Waals surface area contributed by atoms with E-state index in [2.05, 4.69) is 5.32 Å². The van der Waals surface area contributed by atoms with Crippen molar-refractivity contribution in [3.63, 3.8) is 0 Å². The summed E-state index contributed by atoms with van der Waals surface area (Å²) in [7, 11) is -3.60. The number of hydrogen-bond donors (Lipinski definition) is 1. The van der Waals surface area contributed by atoms with Crippen LogP contribution < -0.4 is 5.32 Å². The maximum Gasteiger partial charge on any atom is 0.254 e. The van der Waals surface area contributed by atoms with Gasteiger partial charge in [0.25, 0.3) is 5.91 Å². The number of rotatable bonds is 5. The summed E-state index contributed by atoms with van der Waals surface area (Å²) in [6.07, 6.45) is 7.54. The van der Waals surface area contributed by atoms with Gasteiger partial charge in [0, 0.05) is 30.4 Å². The molecule has 8 heteroatoms. The molecule has 2 amide bonds. The number of anilines is 1. The Morgan fingerprint density at radius 2 is 1.60 bits per heavy atom. The molecule has 2 heterocycles. The molecule has 0 bridgehead atoms. The lowest BCUT2D eigenvalue weighted by Gasteiger charge is -2.33. The van der Waals surface area contributed by atoms with Crippen LogP contribution in [-0.4, -0.2) is 54.6 Å². The van der Waals surface area contributed by atoms with E-state index in [1.165, 1.54) is 10.4 Å². The highest BCUT2D eigenvalue weighted by Crippen LogP contribution is 2.41. The Bertz CT molecular complexity index is 1180. The molecule has 3 aliphatic rings. The van der Waals surface area contributed by atoms with E-state index >= 15 is 0 Å². The van der Waals surface area contributed by atoms with Crippen molar-refractivity contribution in [2.45, 2.75) is 68.3 Å². The second-order valence-corrected chi connectivity index (χ2v) is 11.9. The van der Waals surface area contributed by atoms with Gasteiger partial charge in [-0.1, -0.05) is 43.5 Å². The molecule has 1 N–H and O–H groups in total. The van der Waals surface area contributed by atoms with Crippen LogP contribution in [0.5, 0.6) is 0 Å². The standard InChI is InChI=1S/C27H33N3O4S/c31-26(28-22-13-9-14-23(19-22)35(33,34)29-16-7-2-8-17-29)25-18-21-12-5-6-15-24(21)30(25)27(32)20-10-3-1-4-11-20/h1,3-4,9-11,13-14,19,21,24-25H,2,5-8,12,15-18H2,(H,28,31). The fourth-order valence-electron chi connectivity index (χ4n) is 5.93. The van der Waals surface area contributed by atoms with Gasteiger partial charge in [-0.2, -0.15) is 4.31 Å². The van der Waals surface area contributed by atoms with Crippen LogP contribution >= 0.6 is 0 Å². The highest BCUT2D eigenvalue weighted by molar-refractivity contribution is 7.89. The third-order valence-corrected chi connectivity index (χ3v) is 9.59. The minimum atomic E-state index is -3.60. The maximum absolute atomic E-state index is 13.5. The van der Waals surface area contributed by atoms with Gasteiger partial charge >= 0.3 is 0 Å². The molecule has 0 aromatic heterocycles. The molecule has 5 rings (SSSR count). The van der Waals surface area contributed by atoms with E-state index in [1.54, 1.807) is 35.2 Å². The number of likely N-dealkylation sites (tertiary alicyclic amines) is 1.